The Morgan fingerprint density at radius 2 is 0.860 bits per heavy atom. The van der Waals surface area contributed by atoms with Crippen LogP contribution in [0, 0.1) is 0 Å². The lowest BCUT2D eigenvalue weighted by molar-refractivity contribution is 0.669. The van der Waals surface area contributed by atoms with Crippen molar-refractivity contribution in [1.82, 2.24) is 0 Å². The molecular weight excluding hydrogens is 520 g/mol. The molecule has 0 spiro atoms. The van der Waals surface area contributed by atoms with E-state index in [1.165, 1.54) is 65.7 Å². The highest BCUT2D eigenvalue weighted by Gasteiger charge is 2.21. The molecule has 0 atom stereocenters. The first kappa shape index (κ1) is 24.0. The molecule has 0 radical (unpaired) electrons. The minimum absolute atomic E-state index is 0.905. The Labute approximate surface area is 249 Å². The van der Waals surface area contributed by atoms with Gasteiger partial charge in [-0.15, -0.1) is 0 Å². The first-order valence-electron chi connectivity index (χ1n) is 14.8. The Hall–Kier alpha value is -5.66. The summed E-state index contributed by atoms with van der Waals surface area (Å²) in [5, 5.41) is 9.80. The number of fused-ring (bicyclic) bond motifs is 6. The molecule has 0 aliphatic carbocycles. The standard InChI is InChI=1S/C42H26O/c1-2-13-28(14-3-1)31-20-10-22-37-41(31)42-36(21-11-23-38(42)43-37)40-34-18-8-6-16-32(34)39(33-17-7-9-19-35(33)40)30-25-24-27-12-4-5-15-29(27)26-30/h1-26H. The minimum atomic E-state index is 0.905. The van der Waals surface area contributed by atoms with Crippen LogP contribution in [0.5, 0.6) is 0 Å². The molecule has 1 heteroatoms. The third-order valence-corrected chi connectivity index (χ3v) is 8.85. The summed E-state index contributed by atoms with van der Waals surface area (Å²) >= 11 is 0. The van der Waals surface area contributed by atoms with E-state index in [2.05, 4.69) is 158 Å². The van der Waals surface area contributed by atoms with Gasteiger partial charge < -0.3 is 4.42 Å². The summed E-state index contributed by atoms with van der Waals surface area (Å²) in [7, 11) is 0. The smallest absolute Gasteiger partial charge is 0.136 e. The van der Waals surface area contributed by atoms with E-state index in [1.807, 2.05) is 0 Å². The molecule has 1 aromatic heterocycles. The molecule has 0 saturated heterocycles. The largest absolute Gasteiger partial charge is 0.456 e. The van der Waals surface area contributed by atoms with Crippen molar-refractivity contribution in [2.45, 2.75) is 0 Å². The van der Waals surface area contributed by atoms with E-state index >= 15 is 0 Å². The summed E-state index contributed by atoms with van der Waals surface area (Å²) in [6.07, 6.45) is 0. The van der Waals surface area contributed by atoms with Crippen LogP contribution in [0.2, 0.25) is 0 Å². The molecule has 0 fully saturated rings. The molecule has 8 aromatic carbocycles. The van der Waals surface area contributed by atoms with E-state index in [-0.39, 0.29) is 0 Å². The van der Waals surface area contributed by atoms with Crippen LogP contribution in [0.25, 0.3) is 87.6 Å². The molecule has 0 bridgehead atoms. The SMILES string of the molecule is c1ccc(-c2cccc3oc4cccc(-c5c6ccccc6c(-c6ccc7ccccc7c6)c6ccccc56)c4c23)cc1. The molecule has 0 N–H and O–H groups in total. The van der Waals surface area contributed by atoms with E-state index in [9.17, 15) is 0 Å². The van der Waals surface area contributed by atoms with Gasteiger partial charge in [-0.3, -0.25) is 0 Å². The zero-order valence-corrected chi connectivity index (χ0v) is 23.4. The lowest BCUT2D eigenvalue weighted by Gasteiger charge is -2.18. The first-order valence-corrected chi connectivity index (χ1v) is 14.8. The fourth-order valence-electron chi connectivity index (χ4n) is 7.01. The molecule has 1 nitrogen and oxygen atoms in total. The monoisotopic (exact) mass is 546 g/mol. The number of hydrogen-bond donors (Lipinski definition) is 0. The highest BCUT2D eigenvalue weighted by molar-refractivity contribution is 6.27. The van der Waals surface area contributed by atoms with Crippen LogP contribution in [0.1, 0.15) is 0 Å². The molecule has 0 unspecified atom stereocenters. The Morgan fingerprint density at radius 1 is 0.326 bits per heavy atom. The van der Waals surface area contributed by atoms with Gasteiger partial charge in [0.2, 0.25) is 0 Å². The summed E-state index contributed by atoms with van der Waals surface area (Å²) in [6.45, 7) is 0. The highest BCUT2D eigenvalue weighted by Crippen LogP contribution is 2.48. The predicted octanol–water partition coefficient (Wildman–Crippen LogP) is 12.0. The maximum Gasteiger partial charge on any atom is 0.136 e. The Balaban J connectivity index is 1.43. The minimum Gasteiger partial charge on any atom is -0.456 e. The highest BCUT2D eigenvalue weighted by atomic mass is 16.3. The van der Waals surface area contributed by atoms with Crippen molar-refractivity contribution in [1.29, 1.82) is 0 Å². The normalized spacial score (nSPS) is 11.7. The van der Waals surface area contributed by atoms with Crippen LogP contribution in [-0.2, 0) is 0 Å². The second-order valence-electron chi connectivity index (χ2n) is 11.2. The van der Waals surface area contributed by atoms with Gasteiger partial charge in [0.25, 0.3) is 0 Å². The summed E-state index contributed by atoms with van der Waals surface area (Å²) in [6, 6.07) is 56.7. The number of rotatable bonds is 3. The van der Waals surface area contributed by atoms with Gasteiger partial charge >= 0.3 is 0 Å². The van der Waals surface area contributed by atoms with Crippen LogP contribution in [0.15, 0.2) is 162 Å². The zero-order valence-electron chi connectivity index (χ0n) is 23.4. The fourth-order valence-corrected chi connectivity index (χ4v) is 7.01. The quantitative estimate of drug-likeness (QED) is 0.201. The molecule has 0 saturated carbocycles. The second kappa shape index (κ2) is 9.44. The van der Waals surface area contributed by atoms with Crippen molar-refractivity contribution in [2.75, 3.05) is 0 Å². The summed E-state index contributed by atoms with van der Waals surface area (Å²) in [5.41, 5.74) is 9.13. The van der Waals surface area contributed by atoms with E-state index in [0.29, 0.717) is 0 Å². The van der Waals surface area contributed by atoms with Gasteiger partial charge in [0.15, 0.2) is 0 Å². The van der Waals surface area contributed by atoms with E-state index < -0.39 is 0 Å². The van der Waals surface area contributed by atoms with Crippen molar-refractivity contribution in [3.8, 4) is 33.4 Å². The Morgan fingerprint density at radius 3 is 1.53 bits per heavy atom. The van der Waals surface area contributed by atoms with E-state index in [0.717, 1.165) is 21.9 Å². The molecule has 200 valence electrons. The maximum absolute atomic E-state index is 6.53. The second-order valence-corrected chi connectivity index (χ2v) is 11.2. The molecule has 0 amide bonds. The van der Waals surface area contributed by atoms with Crippen LogP contribution < -0.4 is 0 Å². The third-order valence-electron chi connectivity index (χ3n) is 8.85. The van der Waals surface area contributed by atoms with Gasteiger partial charge in [-0.05, 0) is 83.9 Å². The molecule has 0 aliphatic rings. The molecule has 9 rings (SSSR count). The zero-order chi connectivity index (χ0) is 28.3. The maximum atomic E-state index is 6.53. The van der Waals surface area contributed by atoms with Crippen LogP contribution >= 0.6 is 0 Å². The van der Waals surface area contributed by atoms with Gasteiger partial charge in [-0.2, -0.15) is 0 Å². The number of hydrogen-bond acceptors (Lipinski definition) is 1. The van der Waals surface area contributed by atoms with E-state index in [4.69, 9.17) is 4.42 Å². The fraction of sp³-hybridized carbons (Fsp3) is 0. The van der Waals surface area contributed by atoms with E-state index in [1.54, 1.807) is 0 Å². The topological polar surface area (TPSA) is 13.1 Å². The van der Waals surface area contributed by atoms with Crippen LogP contribution in [0.4, 0.5) is 0 Å². The van der Waals surface area contributed by atoms with Crippen molar-refractivity contribution < 1.29 is 4.42 Å². The van der Waals surface area contributed by atoms with Gasteiger partial charge in [0, 0.05) is 10.8 Å². The predicted molar refractivity (Wildman–Crippen MR) is 183 cm³/mol. The molecule has 9 aromatic rings. The van der Waals surface area contributed by atoms with Crippen LogP contribution in [0.3, 0.4) is 0 Å². The van der Waals surface area contributed by atoms with Gasteiger partial charge in [-0.25, -0.2) is 0 Å². The van der Waals surface area contributed by atoms with Crippen molar-refractivity contribution >= 4 is 54.3 Å². The molecule has 43 heavy (non-hydrogen) atoms. The van der Waals surface area contributed by atoms with Gasteiger partial charge in [-0.1, -0.05) is 140 Å². The number of furan rings is 1. The average molecular weight is 547 g/mol. The first-order chi connectivity index (χ1) is 21.3. The summed E-state index contributed by atoms with van der Waals surface area (Å²) in [5.74, 6) is 0. The van der Waals surface area contributed by atoms with Gasteiger partial charge in [0.1, 0.15) is 11.2 Å². The number of benzene rings is 8. The molecule has 0 aliphatic heterocycles. The van der Waals surface area contributed by atoms with Crippen molar-refractivity contribution in [3.05, 3.63) is 158 Å². The van der Waals surface area contributed by atoms with Crippen LogP contribution in [-0.4, -0.2) is 0 Å². The van der Waals surface area contributed by atoms with Crippen molar-refractivity contribution in [2.24, 2.45) is 0 Å². The Kier molecular flexibility index (Phi) is 5.27. The Bertz CT molecular complexity index is 2440. The summed E-state index contributed by atoms with van der Waals surface area (Å²) in [4.78, 5) is 0. The average Bonchev–Trinajstić information content (AvgIpc) is 3.47. The molecular formula is C42H26O. The lowest BCUT2D eigenvalue weighted by atomic mass is 9.84. The third kappa shape index (κ3) is 3.65. The lowest BCUT2D eigenvalue weighted by Crippen LogP contribution is -1.91. The summed E-state index contributed by atoms with van der Waals surface area (Å²) < 4.78 is 6.53. The molecule has 1 heterocycles. The van der Waals surface area contributed by atoms with Crippen molar-refractivity contribution in [3.63, 3.8) is 0 Å². The van der Waals surface area contributed by atoms with Gasteiger partial charge in [0.05, 0.1) is 0 Å².